The molecular weight excluding hydrogens is 248 g/mol. The van der Waals surface area contributed by atoms with E-state index in [0.29, 0.717) is 16.1 Å². The molecule has 3 N–H and O–H groups in total. The zero-order valence-electron chi connectivity index (χ0n) is 10.2. The Morgan fingerprint density at radius 2 is 2.00 bits per heavy atom. The zero-order chi connectivity index (χ0) is 13.3. The molecule has 94 valence electrons. The minimum absolute atomic E-state index is 0.0125. The topological polar surface area (TPSA) is 76.2 Å². The lowest BCUT2D eigenvalue weighted by Crippen LogP contribution is -2.07. The number of rotatable bonds is 3. The third kappa shape index (κ3) is 2.48. The molecule has 1 unspecified atom stereocenters. The number of Topliss-reactive ketones (excluding diaryl/α,β-unsaturated/α-hetero) is 1. The van der Waals surface area contributed by atoms with Gasteiger partial charge in [-0.15, -0.1) is 11.3 Å². The van der Waals surface area contributed by atoms with Gasteiger partial charge in [-0.25, -0.2) is 4.98 Å². The molecule has 0 radical (unpaired) electrons. The second kappa shape index (κ2) is 4.97. The molecule has 0 fully saturated rings. The van der Waals surface area contributed by atoms with Gasteiger partial charge >= 0.3 is 0 Å². The summed E-state index contributed by atoms with van der Waals surface area (Å²) in [6.45, 7) is 3.41. The van der Waals surface area contributed by atoms with Crippen LogP contribution in [0, 0.1) is 6.92 Å². The van der Waals surface area contributed by atoms with Crippen LogP contribution < -0.4 is 5.73 Å². The van der Waals surface area contributed by atoms with E-state index in [2.05, 4.69) is 4.98 Å². The van der Waals surface area contributed by atoms with Gasteiger partial charge in [-0.3, -0.25) is 4.79 Å². The number of carbonyl (C=O) groups is 1. The number of aliphatic hydroxyl groups excluding tert-OH is 1. The van der Waals surface area contributed by atoms with Crippen molar-refractivity contribution in [1.82, 2.24) is 4.98 Å². The summed E-state index contributed by atoms with van der Waals surface area (Å²) in [5, 5.41) is 10.1. The average molecular weight is 262 g/mol. The minimum atomic E-state index is -0.983. The van der Waals surface area contributed by atoms with Crippen LogP contribution in [0.2, 0.25) is 0 Å². The number of aromatic nitrogens is 1. The number of aliphatic hydroxyl groups is 1. The fraction of sp³-hybridized carbons (Fsp3) is 0.231. The number of thiazole rings is 1. The first-order valence-electron chi connectivity index (χ1n) is 5.51. The van der Waals surface area contributed by atoms with E-state index in [0.717, 1.165) is 10.6 Å². The van der Waals surface area contributed by atoms with Gasteiger partial charge in [0.15, 0.2) is 5.78 Å². The molecule has 0 aliphatic heterocycles. The van der Waals surface area contributed by atoms with Crippen molar-refractivity contribution in [2.45, 2.75) is 20.1 Å². The predicted molar refractivity (Wildman–Crippen MR) is 71.4 cm³/mol. The van der Waals surface area contributed by atoms with Crippen LogP contribution in [0.25, 0.3) is 11.3 Å². The highest BCUT2D eigenvalue weighted by molar-refractivity contribution is 7.14. The van der Waals surface area contributed by atoms with Crippen molar-refractivity contribution in [2.24, 2.45) is 5.73 Å². The normalized spacial score (nSPS) is 12.4. The Kier molecular flexibility index (Phi) is 3.56. The molecule has 0 spiro atoms. The molecule has 0 bridgehead atoms. The summed E-state index contributed by atoms with van der Waals surface area (Å²) in [5.41, 5.74) is 7.56. The average Bonchev–Trinajstić information content (AvgIpc) is 2.71. The standard InChI is InChI=1S/C13H14N2O2S/c1-7(16)12-11(15-8(2)18-12)9-3-5-10(6-4-9)13(14)17/h3-6,13,17H,14H2,1-2H3. The van der Waals surface area contributed by atoms with Gasteiger partial charge in [0.1, 0.15) is 6.23 Å². The van der Waals surface area contributed by atoms with Crippen LogP contribution in [0.1, 0.15) is 33.4 Å². The van der Waals surface area contributed by atoms with E-state index >= 15 is 0 Å². The zero-order valence-corrected chi connectivity index (χ0v) is 11.0. The summed E-state index contributed by atoms with van der Waals surface area (Å²) in [6, 6.07) is 7.09. The first kappa shape index (κ1) is 12.9. The Balaban J connectivity index is 2.45. The summed E-state index contributed by atoms with van der Waals surface area (Å²) < 4.78 is 0. The van der Waals surface area contributed by atoms with Crippen LogP contribution in [0.5, 0.6) is 0 Å². The maximum atomic E-state index is 11.5. The second-order valence-corrected chi connectivity index (χ2v) is 5.24. The van der Waals surface area contributed by atoms with Crippen molar-refractivity contribution in [2.75, 3.05) is 0 Å². The molecule has 1 heterocycles. The third-order valence-electron chi connectivity index (χ3n) is 2.58. The Bertz CT molecular complexity index is 573. The SMILES string of the molecule is CC(=O)c1sc(C)nc1-c1ccc(C(N)O)cc1. The number of ketones is 1. The molecular formula is C13H14N2O2S. The lowest BCUT2D eigenvalue weighted by Gasteiger charge is -2.05. The molecule has 5 heteroatoms. The van der Waals surface area contributed by atoms with Crippen LogP contribution >= 0.6 is 11.3 Å². The minimum Gasteiger partial charge on any atom is -0.375 e. The number of nitrogens with two attached hydrogens (primary N) is 1. The summed E-state index contributed by atoms with van der Waals surface area (Å²) >= 11 is 1.39. The quantitative estimate of drug-likeness (QED) is 0.657. The van der Waals surface area contributed by atoms with Gasteiger partial charge in [0.05, 0.1) is 15.6 Å². The van der Waals surface area contributed by atoms with Gasteiger partial charge in [0, 0.05) is 12.5 Å². The summed E-state index contributed by atoms with van der Waals surface area (Å²) in [4.78, 5) is 16.6. The summed E-state index contributed by atoms with van der Waals surface area (Å²) in [7, 11) is 0. The fourth-order valence-electron chi connectivity index (χ4n) is 1.70. The Morgan fingerprint density at radius 1 is 1.39 bits per heavy atom. The van der Waals surface area contributed by atoms with Crippen molar-refractivity contribution in [1.29, 1.82) is 0 Å². The highest BCUT2D eigenvalue weighted by atomic mass is 32.1. The Labute approximate surface area is 109 Å². The Morgan fingerprint density at radius 3 is 2.50 bits per heavy atom. The summed E-state index contributed by atoms with van der Waals surface area (Å²) in [6.07, 6.45) is -0.983. The fourth-order valence-corrected chi connectivity index (χ4v) is 2.54. The van der Waals surface area contributed by atoms with Gasteiger partial charge in [-0.05, 0) is 12.5 Å². The number of benzene rings is 1. The van der Waals surface area contributed by atoms with Crippen LogP contribution in [-0.4, -0.2) is 15.9 Å². The molecule has 0 amide bonds. The summed E-state index contributed by atoms with van der Waals surface area (Å²) in [5.74, 6) is 0.0125. The van der Waals surface area contributed by atoms with E-state index in [9.17, 15) is 9.90 Å². The number of aryl methyl sites for hydroxylation is 1. The molecule has 0 aliphatic rings. The predicted octanol–water partition coefficient (Wildman–Crippen LogP) is 2.27. The lowest BCUT2D eigenvalue weighted by atomic mass is 10.1. The molecule has 1 aromatic carbocycles. The number of hydrogen-bond donors (Lipinski definition) is 2. The van der Waals surface area contributed by atoms with Gasteiger partial charge in [0.2, 0.25) is 0 Å². The van der Waals surface area contributed by atoms with Gasteiger partial charge < -0.3 is 10.8 Å². The van der Waals surface area contributed by atoms with E-state index in [4.69, 9.17) is 5.73 Å². The monoisotopic (exact) mass is 262 g/mol. The number of carbonyl (C=O) groups excluding carboxylic acids is 1. The van der Waals surface area contributed by atoms with E-state index in [1.54, 1.807) is 12.1 Å². The first-order chi connectivity index (χ1) is 8.49. The molecule has 0 aliphatic carbocycles. The second-order valence-electron chi connectivity index (χ2n) is 4.03. The van der Waals surface area contributed by atoms with E-state index in [1.807, 2.05) is 19.1 Å². The molecule has 4 nitrogen and oxygen atoms in total. The van der Waals surface area contributed by atoms with Crippen LogP contribution in [0.4, 0.5) is 0 Å². The maximum Gasteiger partial charge on any atom is 0.172 e. The van der Waals surface area contributed by atoms with Crippen molar-refractivity contribution in [3.63, 3.8) is 0 Å². The molecule has 18 heavy (non-hydrogen) atoms. The largest absolute Gasteiger partial charge is 0.375 e. The number of hydrogen-bond acceptors (Lipinski definition) is 5. The van der Waals surface area contributed by atoms with Gasteiger partial charge in [-0.1, -0.05) is 24.3 Å². The van der Waals surface area contributed by atoms with Gasteiger partial charge in [-0.2, -0.15) is 0 Å². The third-order valence-corrected chi connectivity index (χ3v) is 3.65. The highest BCUT2D eigenvalue weighted by Crippen LogP contribution is 2.28. The number of nitrogens with zero attached hydrogens (tertiary/aromatic N) is 1. The smallest absolute Gasteiger partial charge is 0.172 e. The maximum absolute atomic E-state index is 11.5. The van der Waals surface area contributed by atoms with Crippen LogP contribution in [0.3, 0.4) is 0 Å². The first-order valence-corrected chi connectivity index (χ1v) is 6.33. The van der Waals surface area contributed by atoms with E-state index < -0.39 is 6.23 Å². The Hall–Kier alpha value is -1.56. The van der Waals surface area contributed by atoms with Crippen LogP contribution in [0.15, 0.2) is 24.3 Å². The van der Waals surface area contributed by atoms with Gasteiger partial charge in [0.25, 0.3) is 0 Å². The molecule has 2 aromatic rings. The highest BCUT2D eigenvalue weighted by Gasteiger charge is 2.15. The lowest BCUT2D eigenvalue weighted by molar-refractivity contribution is 0.102. The molecule has 0 saturated heterocycles. The molecule has 0 saturated carbocycles. The van der Waals surface area contributed by atoms with Crippen LogP contribution in [-0.2, 0) is 0 Å². The van der Waals surface area contributed by atoms with Crippen molar-refractivity contribution in [3.05, 3.63) is 39.7 Å². The molecule has 2 rings (SSSR count). The van der Waals surface area contributed by atoms with E-state index in [-0.39, 0.29) is 5.78 Å². The van der Waals surface area contributed by atoms with Crippen molar-refractivity contribution in [3.8, 4) is 11.3 Å². The molecule has 1 atom stereocenters. The van der Waals surface area contributed by atoms with Crippen molar-refractivity contribution < 1.29 is 9.90 Å². The van der Waals surface area contributed by atoms with Crippen molar-refractivity contribution >= 4 is 17.1 Å². The molecule has 1 aromatic heterocycles. The van der Waals surface area contributed by atoms with E-state index in [1.165, 1.54) is 18.3 Å².